The summed E-state index contributed by atoms with van der Waals surface area (Å²) in [6.07, 6.45) is 9.47. The second-order valence-corrected chi connectivity index (χ2v) is 8.39. The van der Waals surface area contributed by atoms with Gasteiger partial charge in [0.2, 0.25) is 5.91 Å². The third-order valence-electron chi connectivity index (χ3n) is 6.79. The lowest BCUT2D eigenvalue weighted by molar-refractivity contribution is -0.126. The van der Waals surface area contributed by atoms with Gasteiger partial charge in [-0.25, -0.2) is 0 Å². The van der Waals surface area contributed by atoms with Crippen molar-refractivity contribution in [2.45, 2.75) is 57.4 Å². The highest BCUT2D eigenvalue weighted by Crippen LogP contribution is 2.49. The molecule has 4 heteroatoms. The number of piperidine rings is 1. The quantitative estimate of drug-likeness (QED) is 0.878. The molecule has 1 aromatic carbocycles. The van der Waals surface area contributed by atoms with E-state index in [1.54, 1.807) is 4.90 Å². The van der Waals surface area contributed by atoms with Gasteiger partial charge in [0.15, 0.2) is 0 Å². The minimum absolute atomic E-state index is 0.0152. The average Bonchev–Trinajstić information content (AvgIpc) is 3.31. The minimum Gasteiger partial charge on any atom is -0.354 e. The standard InChI is InChI=1S/C22H30N2O2/c25-21(23-12-11-19-15-16-9-10-18(19)14-16)20-8-4-5-13-24(20)22(26)17-6-2-1-3-7-17/h1-3,6-7,16,18-20H,4-5,8-15H2,(H,23,25)/t16-,18-,19-,20+/m0/s1. The predicted molar refractivity (Wildman–Crippen MR) is 102 cm³/mol. The van der Waals surface area contributed by atoms with E-state index in [2.05, 4.69) is 5.32 Å². The van der Waals surface area contributed by atoms with Crippen LogP contribution >= 0.6 is 0 Å². The van der Waals surface area contributed by atoms with Crippen molar-refractivity contribution < 1.29 is 9.59 Å². The van der Waals surface area contributed by atoms with Crippen molar-refractivity contribution in [3.8, 4) is 0 Å². The van der Waals surface area contributed by atoms with E-state index < -0.39 is 0 Å². The third kappa shape index (κ3) is 3.65. The van der Waals surface area contributed by atoms with E-state index in [4.69, 9.17) is 0 Å². The summed E-state index contributed by atoms with van der Waals surface area (Å²) in [5.41, 5.74) is 0.675. The van der Waals surface area contributed by atoms with Gasteiger partial charge in [-0.2, -0.15) is 0 Å². The monoisotopic (exact) mass is 354 g/mol. The minimum atomic E-state index is -0.309. The number of benzene rings is 1. The van der Waals surface area contributed by atoms with Gasteiger partial charge >= 0.3 is 0 Å². The molecule has 3 aliphatic rings. The van der Waals surface area contributed by atoms with Crippen molar-refractivity contribution in [1.29, 1.82) is 0 Å². The molecule has 4 rings (SSSR count). The fourth-order valence-corrected chi connectivity index (χ4v) is 5.42. The summed E-state index contributed by atoms with van der Waals surface area (Å²) < 4.78 is 0. The van der Waals surface area contributed by atoms with E-state index in [-0.39, 0.29) is 17.9 Å². The van der Waals surface area contributed by atoms with Crippen molar-refractivity contribution in [3.05, 3.63) is 35.9 Å². The van der Waals surface area contributed by atoms with Crippen LogP contribution in [0.25, 0.3) is 0 Å². The van der Waals surface area contributed by atoms with Gasteiger partial charge in [0.05, 0.1) is 0 Å². The molecule has 1 heterocycles. The van der Waals surface area contributed by atoms with Crippen LogP contribution in [-0.2, 0) is 4.79 Å². The molecule has 140 valence electrons. The Hall–Kier alpha value is -1.84. The van der Waals surface area contributed by atoms with E-state index in [0.29, 0.717) is 12.1 Å². The summed E-state index contributed by atoms with van der Waals surface area (Å²) in [6, 6.07) is 9.02. The largest absolute Gasteiger partial charge is 0.354 e. The smallest absolute Gasteiger partial charge is 0.254 e. The highest BCUT2D eigenvalue weighted by Gasteiger charge is 2.39. The van der Waals surface area contributed by atoms with Crippen LogP contribution in [0.3, 0.4) is 0 Å². The number of nitrogens with one attached hydrogen (secondary N) is 1. The maximum atomic E-state index is 12.8. The molecule has 1 aliphatic heterocycles. The van der Waals surface area contributed by atoms with Gasteiger partial charge in [-0.3, -0.25) is 9.59 Å². The van der Waals surface area contributed by atoms with E-state index in [9.17, 15) is 9.59 Å². The van der Waals surface area contributed by atoms with Crippen molar-refractivity contribution in [2.24, 2.45) is 17.8 Å². The molecule has 2 saturated carbocycles. The number of carbonyl (C=O) groups is 2. The van der Waals surface area contributed by atoms with Crippen molar-refractivity contribution >= 4 is 11.8 Å². The molecule has 4 atom stereocenters. The van der Waals surface area contributed by atoms with Crippen LogP contribution in [0.4, 0.5) is 0 Å². The Balaban J connectivity index is 1.32. The Morgan fingerprint density at radius 3 is 2.62 bits per heavy atom. The second kappa shape index (κ2) is 7.81. The summed E-state index contributed by atoms with van der Waals surface area (Å²) in [5.74, 6) is 2.69. The molecule has 2 aliphatic carbocycles. The Labute approximate surface area is 156 Å². The number of amides is 2. The number of fused-ring (bicyclic) bond motifs is 2. The SMILES string of the molecule is O=C(NCC[C@H]1C[C@H]2CC[C@H]1C2)[C@H]1CCCCN1C(=O)c1ccccc1. The Morgan fingerprint density at radius 2 is 1.88 bits per heavy atom. The van der Waals surface area contributed by atoms with Gasteiger partial charge in [-0.05, 0) is 74.8 Å². The number of carbonyl (C=O) groups excluding carboxylic acids is 2. The molecule has 0 spiro atoms. The van der Waals surface area contributed by atoms with Crippen LogP contribution in [-0.4, -0.2) is 35.8 Å². The van der Waals surface area contributed by atoms with Crippen molar-refractivity contribution in [2.75, 3.05) is 13.1 Å². The molecule has 3 fully saturated rings. The van der Waals surface area contributed by atoms with Crippen LogP contribution in [0.1, 0.15) is 61.7 Å². The first-order valence-electron chi connectivity index (χ1n) is 10.4. The topological polar surface area (TPSA) is 49.4 Å². The number of hydrogen-bond acceptors (Lipinski definition) is 2. The second-order valence-electron chi connectivity index (χ2n) is 8.39. The average molecular weight is 354 g/mol. The third-order valence-corrected chi connectivity index (χ3v) is 6.79. The number of likely N-dealkylation sites (tertiary alicyclic amines) is 1. The Kier molecular flexibility index (Phi) is 5.28. The fraction of sp³-hybridized carbons (Fsp3) is 0.636. The summed E-state index contributed by atoms with van der Waals surface area (Å²) >= 11 is 0. The zero-order chi connectivity index (χ0) is 17.9. The lowest BCUT2D eigenvalue weighted by Crippen LogP contribution is -2.52. The molecular formula is C22H30N2O2. The van der Waals surface area contributed by atoms with Crippen molar-refractivity contribution in [3.63, 3.8) is 0 Å². The first-order valence-corrected chi connectivity index (χ1v) is 10.4. The molecule has 1 N–H and O–H groups in total. The van der Waals surface area contributed by atoms with Crippen LogP contribution in [0.15, 0.2) is 30.3 Å². The number of hydrogen-bond donors (Lipinski definition) is 1. The first-order chi connectivity index (χ1) is 12.7. The van der Waals surface area contributed by atoms with Crippen molar-refractivity contribution in [1.82, 2.24) is 10.2 Å². The van der Waals surface area contributed by atoms with Crippen LogP contribution in [0, 0.1) is 17.8 Å². The molecule has 0 aromatic heterocycles. The summed E-state index contributed by atoms with van der Waals surface area (Å²) in [4.78, 5) is 27.4. The predicted octanol–water partition coefficient (Wildman–Crippen LogP) is 3.62. The number of rotatable bonds is 5. The molecule has 26 heavy (non-hydrogen) atoms. The highest BCUT2D eigenvalue weighted by atomic mass is 16.2. The van der Waals surface area contributed by atoms with Gasteiger partial charge in [-0.15, -0.1) is 0 Å². The lowest BCUT2D eigenvalue weighted by Gasteiger charge is -2.35. The van der Waals surface area contributed by atoms with Gasteiger partial charge in [0.1, 0.15) is 6.04 Å². The molecule has 4 nitrogen and oxygen atoms in total. The number of nitrogens with zero attached hydrogens (tertiary/aromatic N) is 1. The first kappa shape index (κ1) is 17.6. The molecule has 2 bridgehead atoms. The zero-order valence-electron chi connectivity index (χ0n) is 15.5. The molecule has 0 radical (unpaired) electrons. The van der Waals surface area contributed by atoms with Gasteiger partial charge in [0.25, 0.3) is 5.91 Å². The summed E-state index contributed by atoms with van der Waals surface area (Å²) in [7, 11) is 0. The highest BCUT2D eigenvalue weighted by molar-refractivity contribution is 5.97. The summed E-state index contributed by atoms with van der Waals surface area (Å²) in [6.45, 7) is 1.44. The normalized spacial score (nSPS) is 30.4. The van der Waals surface area contributed by atoms with E-state index in [0.717, 1.165) is 50.0 Å². The Morgan fingerprint density at radius 1 is 1.04 bits per heavy atom. The lowest BCUT2D eigenvalue weighted by atomic mass is 9.86. The van der Waals surface area contributed by atoms with Gasteiger partial charge in [-0.1, -0.05) is 24.6 Å². The maximum Gasteiger partial charge on any atom is 0.254 e. The van der Waals surface area contributed by atoms with Crippen LogP contribution in [0.5, 0.6) is 0 Å². The van der Waals surface area contributed by atoms with E-state index in [1.807, 2.05) is 30.3 Å². The van der Waals surface area contributed by atoms with Crippen LogP contribution in [0.2, 0.25) is 0 Å². The zero-order valence-corrected chi connectivity index (χ0v) is 15.5. The Bertz CT molecular complexity index is 645. The molecule has 1 aromatic rings. The molecular weight excluding hydrogens is 324 g/mol. The van der Waals surface area contributed by atoms with E-state index in [1.165, 1.54) is 25.7 Å². The molecule has 2 amide bonds. The molecule has 1 saturated heterocycles. The van der Waals surface area contributed by atoms with Gasteiger partial charge < -0.3 is 10.2 Å². The molecule has 0 unspecified atom stereocenters. The maximum absolute atomic E-state index is 12.8. The fourth-order valence-electron chi connectivity index (χ4n) is 5.42. The van der Waals surface area contributed by atoms with E-state index >= 15 is 0 Å². The van der Waals surface area contributed by atoms with Gasteiger partial charge in [0, 0.05) is 18.7 Å². The summed E-state index contributed by atoms with van der Waals surface area (Å²) in [5, 5.41) is 3.14. The van der Waals surface area contributed by atoms with Crippen LogP contribution < -0.4 is 5.32 Å².